The number of aliphatic hydroxyl groups is 2. The highest BCUT2D eigenvalue weighted by atomic mass is 16.3. The molecule has 0 heterocycles. The van der Waals surface area contributed by atoms with E-state index in [9.17, 15) is 4.79 Å². The second-order valence-corrected chi connectivity index (χ2v) is 2.90. The molecule has 0 aromatic heterocycles. The van der Waals surface area contributed by atoms with Crippen molar-refractivity contribution in [3.63, 3.8) is 0 Å². The van der Waals surface area contributed by atoms with E-state index in [-0.39, 0.29) is 0 Å². The number of hydrogen-bond acceptors (Lipinski definition) is 3. The zero-order valence-electron chi connectivity index (χ0n) is 7.68. The number of amides is 1. The van der Waals surface area contributed by atoms with E-state index >= 15 is 0 Å². The molecule has 0 radical (unpaired) electrons. The summed E-state index contributed by atoms with van der Waals surface area (Å²) in [7, 11) is 0. The van der Waals surface area contributed by atoms with Crippen LogP contribution in [0.1, 0.15) is 5.56 Å². The number of hydrogen-bond donors (Lipinski definition) is 3. The standard InChI is InChI=1S/C10H13NO3/c12-7-9(13)10(14)11-6-8-4-2-1-3-5-8/h1-5,9,12-13H,6-7H2,(H,11,14)/t9-/m0/s1. The van der Waals surface area contributed by atoms with Crippen molar-refractivity contribution in [3.05, 3.63) is 35.9 Å². The van der Waals surface area contributed by atoms with E-state index < -0.39 is 18.6 Å². The molecule has 1 rings (SSSR count). The summed E-state index contributed by atoms with van der Waals surface area (Å²) in [4.78, 5) is 11.0. The molecule has 3 N–H and O–H groups in total. The van der Waals surface area contributed by atoms with Crippen LogP contribution in [0, 0.1) is 0 Å². The maximum Gasteiger partial charge on any atom is 0.251 e. The molecule has 0 bridgehead atoms. The molecule has 14 heavy (non-hydrogen) atoms. The lowest BCUT2D eigenvalue weighted by Crippen LogP contribution is -2.36. The monoisotopic (exact) mass is 195 g/mol. The van der Waals surface area contributed by atoms with Crippen molar-refractivity contribution in [1.82, 2.24) is 5.32 Å². The van der Waals surface area contributed by atoms with E-state index in [2.05, 4.69) is 5.32 Å². The quantitative estimate of drug-likeness (QED) is 0.615. The maximum absolute atomic E-state index is 11.0. The molecule has 0 saturated carbocycles. The molecular weight excluding hydrogens is 182 g/mol. The highest BCUT2D eigenvalue weighted by Crippen LogP contribution is 1.97. The molecule has 1 amide bonds. The first-order chi connectivity index (χ1) is 6.74. The Morgan fingerprint density at radius 3 is 2.57 bits per heavy atom. The van der Waals surface area contributed by atoms with Gasteiger partial charge in [-0.3, -0.25) is 4.79 Å². The van der Waals surface area contributed by atoms with Crippen LogP contribution >= 0.6 is 0 Å². The van der Waals surface area contributed by atoms with Gasteiger partial charge in [0.05, 0.1) is 6.61 Å². The third-order valence-electron chi connectivity index (χ3n) is 1.79. The van der Waals surface area contributed by atoms with Crippen LogP contribution in [0.2, 0.25) is 0 Å². The lowest BCUT2D eigenvalue weighted by Gasteiger charge is -2.08. The van der Waals surface area contributed by atoms with Gasteiger partial charge in [0.2, 0.25) is 0 Å². The molecule has 1 aromatic rings. The fourth-order valence-corrected chi connectivity index (χ4v) is 0.986. The summed E-state index contributed by atoms with van der Waals surface area (Å²) in [5, 5.41) is 19.9. The zero-order valence-corrected chi connectivity index (χ0v) is 7.68. The molecule has 0 aliphatic carbocycles. The van der Waals surface area contributed by atoms with Gasteiger partial charge in [-0.2, -0.15) is 0 Å². The third-order valence-corrected chi connectivity index (χ3v) is 1.79. The molecule has 0 spiro atoms. The Labute approximate surface area is 82.2 Å². The largest absolute Gasteiger partial charge is 0.393 e. The summed E-state index contributed by atoms with van der Waals surface area (Å²) in [6.07, 6.45) is -1.33. The van der Waals surface area contributed by atoms with E-state index in [1.807, 2.05) is 30.3 Å². The van der Waals surface area contributed by atoms with Gasteiger partial charge in [0.25, 0.3) is 5.91 Å². The SMILES string of the molecule is O=C(NCc1ccccc1)[C@@H](O)CO. The smallest absolute Gasteiger partial charge is 0.251 e. The Bertz CT molecular complexity index is 287. The Balaban J connectivity index is 2.38. The first-order valence-corrected chi connectivity index (χ1v) is 4.34. The maximum atomic E-state index is 11.0. The molecule has 0 fully saturated rings. The summed E-state index contributed by atoms with van der Waals surface area (Å²) >= 11 is 0. The van der Waals surface area contributed by atoms with Gasteiger partial charge in [-0.1, -0.05) is 30.3 Å². The zero-order chi connectivity index (χ0) is 10.4. The summed E-state index contributed by atoms with van der Waals surface area (Å²) in [5.74, 6) is -0.559. The van der Waals surface area contributed by atoms with Gasteiger partial charge in [0.15, 0.2) is 6.10 Å². The minimum absolute atomic E-state index is 0.358. The van der Waals surface area contributed by atoms with Crippen LogP contribution in [0.25, 0.3) is 0 Å². The number of carbonyl (C=O) groups excluding carboxylic acids is 1. The summed E-state index contributed by atoms with van der Waals surface area (Å²) in [5.41, 5.74) is 0.950. The van der Waals surface area contributed by atoms with Crippen molar-refractivity contribution in [1.29, 1.82) is 0 Å². The third kappa shape index (κ3) is 3.16. The Hall–Kier alpha value is -1.39. The Morgan fingerprint density at radius 1 is 1.36 bits per heavy atom. The van der Waals surface area contributed by atoms with Crippen LogP contribution in [0.15, 0.2) is 30.3 Å². The van der Waals surface area contributed by atoms with Crippen molar-refractivity contribution in [2.24, 2.45) is 0 Å². The molecule has 1 atom stereocenters. The molecule has 4 nitrogen and oxygen atoms in total. The fraction of sp³-hybridized carbons (Fsp3) is 0.300. The number of aliphatic hydroxyl groups excluding tert-OH is 2. The van der Waals surface area contributed by atoms with Gasteiger partial charge >= 0.3 is 0 Å². The molecule has 0 aliphatic rings. The molecule has 0 unspecified atom stereocenters. The van der Waals surface area contributed by atoms with Crippen molar-refractivity contribution in [2.75, 3.05) is 6.61 Å². The predicted octanol–water partition coefficient (Wildman–Crippen LogP) is -0.344. The molecule has 76 valence electrons. The molecule has 1 aromatic carbocycles. The van der Waals surface area contributed by atoms with Crippen LogP contribution in [-0.4, -0.2) is 28.8 Å². The lowest BCUT2D eigenvalue weighted by atomic mass is 10.2. The van der Waals surface area contributed by atoms with Crippen LogP contribution in [-0.2, 0) is 11.3 Å². The van der Waals surface area contributed by atoms with Gasteiger partial charge in [0, 0.05) is 6.54 Å². The lowest BCUT2D eigenvalue weighted by molar-refractivity contribution is -0.131. The van der Waals surface area contributed by atoms with Gasteiger partial charge in [-0.25, -0.2) is 0 Å². The fourth-order valence-electron chi connectivity index (χ4n) is 0.986. The normalized spacial score (nSPS) is 12.1. The highest BCUT2D eigenvalue weighted by molar-refractivity contribution is 5.80. The molecule has 0 aliphatic heterocycles. The van der Waals surface area contributed by atoms with Crippen LogP contribution < -0.4 is 5.32 Å². The topological polar surface area (TPSA) is 69.6 Å². The predicted molar refractivity (Wildman–Crippen MR) is 51.4 cm³/mol. The number of carbonyl (C=O) groups is 1. The first kappa shape index (κ1) is 10.7. The summed E-state index contributed by atoms with van der Waals surface area (Å²) in [6, 6.07) is 9.35. The highest BCUT2D eigenvalue weighted by Gasteiger charge is 2.11. The van der Waals surface area contributed by atoms with Crippen LogP contribution in [0.4, 0.5) is 0 Å². The average Bonchev–Trinajstić information content (AvgIpc) is 2.26. The molecular formula is C10H13NO3. The Morgan fingerprint density at radius 2 is 2.00 bits per heavy atom. The number of benzene rings is 1. The van der Waals surface area contributed by atoms with E-state index in [4.69, 9.17) is 10.2 Å². The Kier molecular flexibility index (Phi) is 4.10. The van der Waals surface area contributed by atoms with E-state index in [0.717, 1.165) is 5.56 Å². The van der Waals surface area contributed by atoms with E-state index in [1.54, 1.807) is 0 Å². The summed E-state index contributed by atoms with van der Waals surface area (Å²) in [6.45, 7) is -0.197. The minimum Gasteiger partial charge on any atom is -0.393 e. The van der Waals surface area contributed by atoms with E-state index in [0.29, 0.717) is 6.54 Å². The summed E-state index contributed by atoms with van der Waals surface area (Å²) < 4.78 is 0. The van der Waals surface area contributed by atoms with E-state index in [1.165, 1.54) is 0 Å². The van der Waals surface area contributed by atoms with Gasteiger partial charge in [-0.05, 0) is 5.56 Å². The van der Waals surface area contributed by atoms with Gasteiger partial charge in [-0.15, -0.1) is 0 Å². The minimum atomic E-state index is -1.33. The van der Waals surface area contributed by atoms with Crippen molar-refractivity contribution in [2.45, 2.75) is 12.6 Å². The number of nitrogens with one attached hydrogen (secondary N) is 1. The van der Waals surface area contributed by atoms with Gasteiger partial charge in [0.1, 0.15) is 0 Å². The van der Waals surface area contributed by atoms with Crippen LogP contribution in [0.5, 0.6) is 0 Å². The van der Waals surface area contributed by atoms with Crippen LogP contribution in [0.3, 0.4) is 0 Å². The second kappa shape index (κ2) is 5.36. The van der Waals surface area contributed by atoms with Crippen molar-refractivity contribution >= 4 is 5.91 Å². The van der Waals surface area contributed by atoms with Crippen molar-refractivity contribution < 1.29 is 15.0 Å². The van der Waals surface area contributed by atoms with Crippen molar-refractivity contribution in [3.8, 4) is 0 Å². The molecule has 0 saturated heterocycles. The second-order valence-electron chi connectivity index (χ2n) is 2.90. The first-order valence-electron chi connectivity index (χ1n) is 4.34. The average molecular weight is 195 g/mol. The van der Waals surface area contributed by atoms with Gasteiger partial charge < -0.3 is 15.5 Å². The molecule has 4 heteroatoms. The number of rotatable bonds is 4.